The van der Waals surface area contributed by atoms with Gasteiger partial charge in [-0.2, -0.15) is 0 Å². The maximum atomic E-state index is 11.9. The van der Waals surface area contributed by atoms with Crippen molar-refractivity contribution in [3.8, 4) is 0 Å². The molecule has 1 heterocycles. The van der Waals surface area contributed by atoms with Crippen molar-refractivity contribution >= 4 is 17.3 Å². The molecule has 2 atom stereocenters. The number of benzene rings is 1. The van der Waals surface area contributed by atoms with Crippen LogP contribution in [-0.2, 0) is 4.74 Å². The highest BCUT2D eigenvalue weighted by molar-refractivity contribution is 5.96. The summed E-state index contributed by atoms with van der Waals surface area (Å²) in [4.78, 5) is 14.2. The monoisotopic (exact) mass is 291 g/mol. The van der Waals surface area contributed by atoms with E-state index in [2.05, 4.69) is 24.2 Å². The molecule has 2 rings (SSSR count). The Kier molecular flexibility index (Phi) is 5.07. The zero-order valence-electron chi connectivity index (χ0n) is 13.1. The van der Waals surface area contributed by atoms with E-state index in [1.54, 1.807) is 19.1 Å². The molecule has 0 bridgehead atoms. The van der Waals surface area contributed by atoms with Gasteiger partial charge in [-0.1, -0.05) is 0 Å². The molecule has 5 heteroatoms. The van der Waals surface area contributed by atoms with Crippen LogP contribution >= 0.6 is 0 Å². The van der Waals surface area contributed by atoms with Crippen molar-refractivity contribution in [2.24, 2.45) is 0 Å². The van der Waals surface area contributed by atoms with E-state index in [1.807, 2.05) is 6.07 Å². The fraction of sp³-hybridized carbons (Fsp3) is 0.562. The number of anilines is 2. The number of nitrogen functional groups attached to an aromatic ring is 1. The first-order chi connectivity index (χ1) is 10.0. The molecular weight excluding hydrogens is 266 g/mol. The zero-order chi connectivity index (χ0) is 15.4. The van der Waals surface area contributed by atoms with Gasteiger partial charge in [0, 0.05) is 30.0 Å². The summed E-state index contributed by atoms with van der Waals surface area (Å²) < 4.78 is 5.03. The van der Waals surface area contributed by atoms with Gasteiger partial charge in [0.05, 0.1) is 12.2 Å². The number of carbonyl (C=O) groups excluding carboxylic acids is 1. The minimum atomic E-state index is -0.365. The maximum absolute atomic E-state index is 11.9. The lowest BCUT2D eigenvalue weighted by molar-refractivity contribution is 0.0527. The van der Waals surface area contributed by atoms with E-state index in [4.69, 9.17) is 10.5 Å². The molecule has 116 valence electrons. The number of esters is 1. The third-order valence-electron chi connectivity index (χ3n) is 4.13. The summed E-state index contributed by atoms with van der Waals surface area (Å²) in [7, 11) is 2.16. The molecule has 1 aromatic carbocycles. The lowest BCUT2D eigenvalue weighted by Gasteiger charge is -2.35. The van der Waals surface area contributed by atoms with Crippen molar-refractivity contribution in [2.45, 2.75) is 38.8 Å². The number of nitrogens with one attached hydrogen (secondary N) is 1. The highest BCUT2D eigenvalue weighted by Crippen LogP contribution is 2.23. The van der Waals surface area contributed by atoms with E-state index in [0.29, 0.717) is 29.9 Å². The summed E-state index contributed by atoms with van der Waals surface area (Å²) in [5, 5.41) is 3.51. The number of piperidine rings is 1. The molecule has 5 nitrogen and oxygen atoms in total. The van der Waals surface area contributed by atoms with Gasteiger partial charge in [-0.15, -0.1) is 0 Å². The second kappa shape index (κ2) is 6.80. The molecule has 1 fully saturated rings. The molecule has 2 unspecified atom stereocenters. The SMILES string of the molecule is CCOC(=O)c1cc(NC2CCN(C)C(C)C2)ccc1N. The van der Waals surface area contributed by atoms with Crippen molar-refractivity contribution in [1.82, 2.24) is 4.90 Å². The van der Waals surface area contributed by atoms with Crippen LogP contribution in [0.1, 0.15) is 37.0 Å². The number of ether oxygens (including phenoxy) is 1. The number of hydrogen-bond donors (Lipinski definition) is 2. The second-order valence-electron chi connectivity index (χ2n) is 5.72. The minimum Gasteiger partial charge on any atom is -0.462 e. The summed E-state index contributed by atoms with van der Waals surface area (Å²) in [6.07, 6.45) is 2.19. The third kappa shape index (κ3) is 3.88. The summed E-state index contributed by atoms with van der Waals surface area (Å²) >= 11 is 0. The van der Waals surface area contributed by atoms with E-state index < -0.39 is 0 Å². The largest absolute Gasteiger partial charge is 0.462 e. The van der Waals surface area contributed by atoms with E-state index in [1.165, 1.54) is 0 Å². The first-order valence-corrected chi connectivity index (χ1v) is 7.54. The maximum Gasteiger partial charge on any atom is 0.340 e. The molecule has 0 spiro atoms. The lowest BCUT2D eigenvalue weighted by atomic mass is 9.98. The predicted molar refractivity (Wildman–Crippen MR) is 85.5 cm³/mol. The number of carbonyl (C=O) groups is 1. The van der Waals surface area contributed by atoms with Crippen molar-refractivity contribution in [2.75, 3.05) is 31.2 Å². The first kappa shape index (κ1) is 15.6. The highest BCUT2D eigenvalue weighted by atomic mass is 16.5. The van der Waals surface area contributed by atoms with E-state index >= 15 is 0 Å². The molecule has 21 heavy (non-hydrogen) atoms. The Morgan fingerprint density at radius 3 is 2.95 bits per heavy atom. The van der Waals surface area contributed by atoms with E-state index in [9.17, 15) is 4.79 Å². The fourth-order valence-corrected chi connectivity index (χ4v) is 2.69. The number of nitrogens with zero attached hydrogens (tertiary/aromatic N) is 1. The molecule has 1 aromatic rings. The van der Waals surface area contributed by atoms with Gasteiger partial charge in [-0.25, -0.2) is 4.79 Å². The number of rotatable bonds is 4. The summed E-state index contributed by atoms with van der Waals surface area (Å²) in [6.45, 7) is 5.46. The summed E-state index contributed by atoms with van der Waals surface area (Å²) in [6, 6.07) is 6.45. The van der Waals surface area contributed by atoms with Gasteiger partial charge in [0.1, 0.15) is 0 Å². The van der Waals surface area contributed by atoms with Crippen LogP contribution in [0.15, 0.2) is 18.2 Å². The molecule has 0 radical (unpaired) electrons. The topological polar surface area (TPSA) is 67.6 Å². The van der Waals surface area contributed by atoms with E-state index in [-0.39, 0.29) is 5.97 Å². The van der Waals surface area contributed by atoms with Gasteiger partial charge >= 0.3 is 5.97 Å². The first-order valence-electron chi connectivity index (χ1n) is 7.54. The molecule has 0 saturated carbocycles. The zero-order valence-corrected chi connectivity index (χ0v) is 13.1. The molecular formula is C16H25N3O2. The van der Waals surface area contributed by atoms with Crippen LogP contribution in [0.3, 0.4) is 0 Å². The number of likely N-dealkylation sites (tertiary alicyclic amines) is 1. The Labute approximate surface area is 126 Å². The van der Waals surface area contributed by atoms with Gasteiger partial charge < -0.3 is 20.7 Å². The third-order valence-corrected chi connectivity index (χ3v) is 4.13. The van der Waals surface area contributed by atoms with Crippen LogP contribution in [0.2, 0.25) is 0 Å². The van der Waals surface area contributed by atoms with Crippen molar-refractivity contribution < 1.29 is 9.53 Å². The van der Waals surface area contributed by atoms with Gasteiger partial charge in [0.2, 0.25) is 0 Å². The molecule has 0 aromatic heterocycles. The van der Waals surface area contributed by atoms with Crippen LogP contribution in [0.4, 0.5) is 11.4 Å². The summed E-state index contributed by atoms with van der Waals surface area (Å²) in [5.41, 5.74) is 7.67. The Morgan fingerprint density at radius 2 is 2.29 bits per heavy atom. The standard InChI is InChI=1S/C16H25N3O2/c1-4-21-16(20)14-10-12(5-6-15(14)17)18-13-7-8-19(3)11(2)9-13/h5-6,10-11,13,18H,4,7-9,17H2,1-3H3. The Bertz CT molecular complexity index is 504. The highest BCUT2D eigenvalue weighted by Gasteiger charge is 2.23. The molecule has 0 amide bonds. The molecule has 0 aliphatic carbocycles. The Balaban J connectivity index is 2.07. The average Bonchev–Trinajstić information content (AvgIpc) is 2.45. The van der Waals surface area contributed by atoms with Gasteiger partial charge in [0.25, 0.3) is 0 Å². The van der Waals surface area contributed by atoms with Gasteiger partial charge in [0.15, 0.2) is 0 Å². The van der Waals surface area contributed by atoms with Crippen LogP contribution in [0.25, 0.3) is 0 Å². The molecule has 3 N–H and O–H groups in total. The predicted octanol–water partition coefficient (Wildman–Crippen LogP) is 2.34. The Hall–Kier alpha value is -1.75. The van der Waals surface area contributed by atoms with Crippen LogP contribution in [0, 0.1) is 0 Å². The van der Waals surface area contributed by atoms with Crippen molar-refractivity contribution in [1.29, 1.82) is 0 Å². The minimum absolute atomic E-state index is 0.350. The molecule has 1 saturated heterocycles. The fourth-order valence-electron chi connectivity index (χ4n) is 2.69. The smallest absolute Gasteiger partial charge is 0.340 e. The second-order valence-corrected chi connectivity index (χ2v) is 5.72. The van der Waals surface area contributed by atoms with Crippen molar-refractivity contribution in [3.63, 3.8) is 0 Å². The van der Waals surface area contributed by atoms with Crippen LogP contribution in [-0.4, -0.2) is 43.2 Å². The van der Waals surface area contributed by atoms with Gasteiger partial charge in [-0.3, -0.25) is 0 Å². The van der Waals surface area contributed by atoms with Crippen LogP contribution in [0.5, 0.6) is 0 Å². The average molecular weight is 291 g/mol. The van der Waals surface area contributed by atoms with Gasteiger partial charge in [-0.05, 0) is 51.9 Å². The lowest BCUT2D eigenvalue weighted by Crippen LogP contribution is -2.42. The quantitative estimate of drug-likeness (QED) is 0.658. The normalized spacial score (nSPS) is 22.8. The Morgan fingerprint density at radius 1 is 1.52 bits per heavy atom. The molecule has 1 aliphatic rings. The van der Waals surface area contributed by atoms with Crippen molar-refractivity contribution in [3.05, 3.63) is 23.8 Å². The molecule has 1 aliphatic heterocycles. The summed E-state index contributed by atoms with van der Waals surface area (Å²) in [5.74, 6) is -0.365. The van der Waals surface area contributed by atoms with E-state index in [0.717, 1.165) is 25.1 Å². The number of nitrogens with two attached hydrogens (primary N) is 1. The van der Waals surface area contributed by atoms with Crippen LogP contribution < -0.4 is 11.1 Å². The number of hydrogen-bond acceptors (Lipinski definition) is 5.